The van der Waals surface area contributed by atoms with Gasteiger partial charge in [-0.05, 0) is 62.4 Å². The van der Waals surface area contributed by atoms with Gasteiger partial charge < -0.3 is 14.6 Å². The molecule has 5 nitrogen and oxygen atoms in total. The minimum atomic E-state index is -0.696. The number of nitrogens with zero attached hydrogens (tertiary/aromatic N) is 1. The second-order valence-electron chi connectivity index (χ2n) is 8.07. The van der Waals surface area contributed by atoms with Gasteiger partial charge in [-0.3, -0.25) is 9.69 Å². The van der Waals surface area contributed by atoms with Crippen LogP contribution < -0.4 is 9.47 Å². The lowest BCUT2D eigenvalue weighted by Gasteiger charge is -2.46. The van der Waals surface area contributed by atoms with Crippen molar-refractivity contribution in [2.45, 2.75) is 63.3 Å². The van der Waals surface area contributed by atoms with E-state index in [2.05, 4.69) is 24.0 Å². The van der Waals surface area contributed by atoms with Gasteiger partial charge in [0, 0.05) is 24.4 Å². The number of hydrogen-bond acceptors (Lipinski definition) is 4. The monoisotopic (exact) mass is 359 g/mol. The topological polar surface area (TPSA) is 59.0 Å². The lowest BCUT2D eigenvalue weighted by Crippen LogP contribution is -2.46. The number of carboxylic acids is 1. The van der Waals surface area contributed by atoms with Crippen molar-refractivity contribution in [1.82, 2.24) is 4.90 Å². The van der Waals surface area contributed by atoms with Crippen molar-refractivity contribution < 1.29 is 19.4 Å². The molecular weight excluding hydrogens is 330 g/mol. The van der Waals surface area contributed by atoms with Gasteiger partial charge in [0.25, 0.3) is 0 Å². The van der Waals surface area contributed by atoms with Crippen LogP contribution in [0.5, 0.6) is 11.5 Å². The number of carbonyl (C=O) groups is 1. The summed E-state index contributed by atoms with van der Waals surface area (Å²) in [4.78, 5) is 13.3. The Morgan fingerprint density at radius 2 is 1.88 bits per heavy atom. The molecule has 2 heterocycles. The van der Waals surface area contributed by atoms with E-state index in [0.717, 1.165) is 37.4 Å². The molecule has 1 unspecified atom stereocenters. The van der Waals surface area contributed by atoms with Gasteiger partial charge in [0.1, 0.15) is 13.2 Å². The number of aliphatic carboxylic acids is 1. The number of ether oxygens (including phenoxy) is 2. The molecule has 0 saturated heterocycles. The Morgan fingerprint density at radius 1 is 1.19 bits per heavy atom. The molecule has 2 aliphatic heterocycles. The Hall–Kier alpha value is -1.75. The summed E-state index contributed by atoms with van der Waals surface area (Å²) in [6.45, 7) is 5.56. The van der Waals surface area contributed by atoms with Crippen molar-refractivity contribution in [2.75, 3.05) is 26.3 Å². The van der Waals surface area contributed by atoms with Gasteiger partial charge in [-0.1, -0.05) is 12.8 Å². The maximum absolute atomic E-state index is 10.8. The Balaban J connectivity index is 1.61. The molecule has 142 valence electrons. The summed E-state index contributed by atoms with van der Waals surface area (Å²) < 4.78 is 11.7. The van der Waals surface area contributed by atoms with Crippen molar-refractivity contribution in [3.63, 3.8) is 0 Å². The first-order chi connectivity index (χ1) is 12.6. The Bertz CT molecular complexity index is 681. The minimum Gasteiger partial charge on any atom is -0.486 e. The fourth-order valence-corrected chi connectivity index (χ4v) is 5.06. The van der Waals surface area contributed by atoms with E-state index in [1.807, 2.05) is 0 Å². The second-order valence-corrected chi connectivity index (χ2v) is 8.07. The summed E-state index contributed by atoms with van der Waals surface area (Å²) in [5.41, 5.74) is 3.07. The first-order valence-electron chi connectivity index (χ1n) is 9.99. The van der Waals surface area contributed by atoms with E-state index in [-0.39, 0.29) is 11.8 Å². The molecule has 1 aliphatic carbocycles. The van der Waals surface area contributed by atoms with Crippen LogP contribution in [0.2, 0.25) is 0 Å². The standard InChI is InChI=1S/C21H29NO4/c1-15-16-12-18-19(26-11-10-25-18)13-17(16)21(7-3-4-8-21)14-22(15)9-5-2-6-20(23)24/h12-13,15H,2-11,14H2,1H3,(H,23,24). The number of hydrogen-bond donors (Lipinski definition) is 1. The molecule has 4 rings (SSSR count). The molecule has 0 radical (unpaired) electrons. The van der Waals surface area contributed by atoms with Crippen LogP contribution in [0.1, 0.15) is 69.0 Å². The molecular formula is C21H29NO4. The number of benzene rings is 1. The van der Waals surface area contributed by atoms with Gasteiger partial charge in [-0.2, -0.15) is 0 Å². The van der Waals surface area contributed by atoms with Crippen LogP contribution in [0.3, 0.4) is 0 Å². The largest absolute Gasteiger partial charge is 0.486 e. The van der Waals surface area contributed by atoms with Crippen LogP contribution in [-0.2, 0) is 10.2 Å². The number of rotatable bonds is 5. The van der Waals surface area contributed by atoms with Gasteiger partial charge in [0.2, 0.25) is 0 Å². The minimum absolute atomic E-state index is 0.227. The van der Waals surface area contributed by atoms with Crippen molar-refractivity contribution in [2.24, 2.45) is 0 Å². The summed E-state index contributed by atoms with van der Waals surface area (Å²) >= 11 is 0. The predicted molar refractivity (Wildman–Crippen MR) is 99.1 cm³/mol. The summed E-state index contributed by atoms with van der Waals surface area (Å²) in [6, 6.07) is 4.79. The molecule has 0 aromatic heterocycles. The SMILES string of the molecule is CC1c2cc3c(cc2C2(CCCC2)CN1CCCCC(=O)O)OCCO3. The second kappa shape index (κ2) is 7.10. The molecule has 1 atom stereocenters. The average Bonchev–Trinajstić information content (AvgIpc) is 3.11. The lowest BCUT2D eigenvalue weighted by molar-refractivity contribution is -0.137. The third-order valence-electron chi connectivity index (χ3n) is 6.44. The molecule has 1 aromatic rings. The predicted octanol–water partition coefficient (Wildman–Crippen LogP) is 3.90. The van der Waals surface area contributed by atoms with E-state index in [1.165, 1.54) is 36.8 Å². The van der Waals surface area contributed by atoms with Crippen LogP contribution in [0.15, 0.2) is 12.1 Å². The van der Waals surface area contributed by atoms with E-state index < -0.39 is 5.97 Å². The van der Waals surface area contributed by atoms with Gasteiger partial charge in [0.15, 0.2) is 11.5 Å². The normalized spacial score (nSPS) is 23.8. The van der Waals surface area contributed by atoms with Crippen LogP contribution in [0, 0.1) is 0 Å². The fourth-order valence-electron chi connectivity index (χ4n) is 5.06. The number of fused-ring (bicyclic) bond motifs is 3. The van der Waals surface area contributed by atoms with Crippen molar-refractivity contribution >= 4 is 5.97 Å². The Labute approximate surface area is 155 Å². The van der Waals surface area contributed by atoms with Gasteiger partial charge in [-0.15, -0.1) is 0 Å². The van der Waals surface area contributed by atoms with Crippen LogP contribution in [0.25, 0.3) is 0 Å². The molecule has 1 saturated carbocycles. The molecule has 1 spiro atoms. The third kappa shape index (κ3) is 3.18. The van der Waals surface area contributed by atoms with Gasteiger partial charge in [-0.25, -0.2) is 0 Å². The first-order valence-corrected chi connectivity index (χ1v) is 9.99. The summed E-state index contributed by atoms with van der Waals surface area (Å²) in [5.74, 6) is 1.09. The van der Waals surface area contributed by atoms with E-state index in [4.69, 9.17) is 14.6 Å². The van der Waals surface area contributed by atoms with Crippen molar-refractivity contribution in [3.8, 4) is 11.5 Å². The molecule has 0 bridgehead atoms. The van der Waals surface area contributed by atoms with E-state index in [1.54, 1.807) is 0 Å². The fraction of sp³-hybridized carbons (Fsp3) is 0.667. The average molecular weight is 359 g/mol. The molecule has 5 heteroatoms. The summed E-state index contributed by atoms with van der Waals surface area (Å²) in [6.07, 6.45) is 7.00. The molecule has 1 aromatic carbocycles. The van der Waals surface area contributed by atoms with E-state index in [9.17, 15) is 4.79 Å². The van der Waals surface area contributed by atoms with Crippen LogP contribution >= 0.6 is 0 Å². The highest BCUT2D eigenvalue weighted by molar-refractivity contribution is 5.66. The number of carboxylic acid groups (broad SMARTS) is 1. The smallest absolute Gasteiger partial charge is 0.303 e. The highest BCUT2D eigenvalue weighted by atomic mass is 16.6. The highest BCUT2D eigenvalue weighted by Gasteiger charge is 2.44. The number of unbranched alkanes of at least 4 members (excludes halogenated alkanes) is 1. The zero-order chi connectivity index (χ0) is 18.1. The third-order valence-corrected chi connectivity index (χ3v) is 6.44. The molecule has 3 aliphatic rings. The van der Waals surface area contributed by atoms with E-state index in [0.29, 0.717) is 19.3 Å². The molecule has 1 N–H and O–H groups in total. The quantitative estimate of drug-likeness (QED) is 0.808. The Kier molecular flexibility index (Phi) is 4.82. The van der Waals surface area contributed by atoms with E-state index >= 15 is 0 Å². The van der Waals surface area contributed by atoms with Gasteiger partial charge in [0.05, 0.1) is 0 Å². The maximum atomic E-state index is 10.8. The van der Waals surface area contributed by atoms with Crippen molar-refractivity contribution in [3.05, 3.63) is 23.3 Å². The molecule has 26 heavy (non-hydrogen) atoms. The molecule has 1 fully saturated rings. The first kappa shape index (κ1) is 17.7. The lowest BCUT2D eigenvalue weighted by atomic mass is 9.71. The van der Waals surface area contributed by atoms with Gasteiger partial charge >= 0.3 is 5.97 Å². The van der Waals surface area contributed by atoms with Crippen LogP contribution in [0.4, 0.5) is 0 Å². The zero-order valence-corrected chi connectivity index (χ0v) is 15.6. The summed E-state index contributed by atoms with van der Waals surface area (Å²) in [5, 5.41) is 8.87. The summed E-state index contributed by atoms with van der Waals surface area (Å²) in [7, 11) is 0. The van der Waals surface area contributed by atoms with Crippen molar-refractivity contribution in [1.29, 1.82) is 0 Å². The molecule has 0 amide bonds. The van der Waals surface area contributed by atoms with Crippen LogP contribution in [-0.4, -0.2) is 42.3 Å². The maximum Gasteiger partial charge on any atom is 0.303 e. The Morgan fingerprint density at radius 3 is 2.58 bits per heavy atom. The zero-order valence-electron chi connectivity index (χ0n) is 15.6. The highest BCUT2D eigenvalue weighted by Crippen LogP contribution is 2.51.